The second-order valence-electron chi connectivity index (χ2n) is 2.45. The Hall–Kier alpha value is -0.440. The number of alkyl halides is 3. The number of carbonyl (C=O) groups is 1. The fraction of sp³-hybridized carbons (Fsp3) is 0.125. The molecule has 0 aromatic heterocycles. The highest BCUT2D eigenvalue weighted by molar-refractivity contribution is 6.77. The lowest BCUT2D eigenvalue weighted by molar-refractivity contribution is 0.0996. The molecule has 0 heterocycles. The van der Waals surface area contributed by atoms with Crippen LogP contribution >= 0.6 is 34.8 Å². The molecule has 70 valence electrons. The van der Waals surface area contributed by atoms with E-state index in [9.17, 15) is 4.79 Å². The van der Waals surface area contributed by atoms with Crippen molar-refractivity contribution in [1.82, 2.24) is 0 Å². The third-order valence-electron chi connectivity index (χ3n) is 1.43. The van der Waals surface area contributed by atoms with E-state index in [0.29, 0.717) is 11.3 Å². The van der Waals surface area contributed by atoms with Gasteiger partial charge in [-0.2, -0.15) is 0 Å². The van der Waals surface area contributed by atoms with Gasteiger partial charge in [-0.25, -0.2) is 0 Å². The third kappa shape index (κ3) is 2.76. The summed E-state index contributed by atoms with van der Waals surface area (Å²) in [7, 11) is 0. The van der Waals surface area contributed by atoms with Crippen molar-refractivity contribution < 1.29 is 4.79 Å². The van der Waals surface area contributed by atoms with Crippen LogP contribution in [0.15, 0.2) is 24.3 Å². The first-order valence-electron chi connectivity index (χ1n) is 3.38. The van der Waals surface area contributed by atoms with Crippen LogP contribution in [0, 0.1) is 0 Å². The Morgan fingerprint density at radius 2 is 1.62 bits per heavy atom. The van der Waals surface area contributed by atoms with Crippen molar-refractivity contribution in [1.29, 1.82) is 0 Å². The van der Waals surface area contributed by atoms with Crippen molar-refractivity contribution in [3.63, 3.8) is 0 Å². The first-order valence-corrected chi connectivity index (χ1v) is 4.52. The number of rotatable bonds is 1. The highest BCUT2D eigenvalue weighted by Gasteiger charge is 2.31. The van der Waals surface area contributed by atoms with Gasteiger partial charge in [0.2, 0.25) is 5.78 Å². The van der Waals surface area contributed by atoms with E-state index < -0.39 is 9.58 Å². The first-order chi connectivity index (χ1) is 5.91. The summed E-state index contributed by atoms with van der Waals surface area (Å²) in [6, 6.07) is 6.17. The van der Waals surface area contributed by atoms with E-state index in [1.807, 2.05) is 0 Å². The quantitative estimate of drug-likeness (QED) is 0.464. The molecule has 0 aliphatic rings. The van der Waals surface area contributed by atoms with E-state index in [0.717, 1.165) is 0 Å². The average Bonchev–Trinajstić information content (AvgIpc) is 2.03. The van der Waals surface area contributed by atoms with Gasteiger partial charge in [-0.3, -0.25) is 4.79 Å². The Morgan fingerprint density at radius 3 is 2.00 bits per heavy atom. The zero-order valence-electron chi connectivity index (χ0n) is 6.43. The van der Waals surface area contributed by atoms with Crippen LogP contribution in [-0.2, 0) is 0 Å². The smallest absolute Gasteiger partial charge is 0.253 e. The molecule has 5 heteroatoms. The summed E-state index contributed by atoms with van der Waals surface area (Å²) in [6.45, 7) is 0. The lowest BCUT2D eigenvalue weighted by Crippen LogP contribution is -2.18. The Labute approximate surface area is 90.6 Å². The van der Waals surface area contributed by atoms with Crippen molar-refractivity contribution in [3.8, 4) is 0 Å². The number of ketones is 1. The van der Waals surface area contributed by atoms with Crippen molar-refractivity contribution in [2.45, 2.75) is 3.79 Å². The fourth-order valence-electron chi connectivity index (χ4n) is 0.798. The summed E-state index contributed by atoms with van der Waals surface area (Å²) in [6.07, 6.45) is 0. The molecule has 1 aromatic rings. The maximum atomic E-state index is 11.3. The topological polar surface area (TPSA) is 43.1 Å². The number of hydrogen-bond acceptors (Lipinski definition) is 2. The number of halogens is 3. The van der Waals surface area contributed by atoms with Crippen molar-refractivity contribution >= 4 is 46.3 Å². The average molecular weight is 239 g/mol. The van der Waals surface area contributed by atoms with Gasteiger partial charge < -0.3 is 5.73 Å². The van der Waals surface area contributed by atoms with Gasteiger partial charge in [-0.05, 0) is 24.3 Å². The standard InChI is InChI=1S/C8H6Cl3NO/c9-8(10,11)7(13)5-1-3-6(12)4-2-5/h1-4H,12H2. The van der Waals surface area contributed by atoms with Gasteiger partial charge in [-0.1, -0.05) is 34.8 Å². The number of hydrogen-bond donors (Lipinski definition) is 1. The summed E-state index contributed by atoms with van der Waals surface area (Å²) in [5.74, 6) is -0.558. The summed E-state index contributed by atoms with van der Waals surface area (Å²) >= 11 is 16.2. The Bertz CT molecular complexity index is 315. The number of nitrogens with two attached hydrogens (primary N) is 1. The van der Waals surface area contributed by atoms with E-state index in [1.54, 1.807) is 12.1 Å². The Balaban J connectivity index is 2.97. The largest absolute Gasteiger partial charge is 0.399 e. The highest BCUT2D eigenvalue weighted by Crippen LogP contribution is 2.30. The first kappa shape index (κ1) is 10.6. The zero-order valence-corrected chi connectivity index (χ0v) is 8.70. The van der Waals surface area contributed by atoms with Gasteiger partial charge in [0.1, 0.15) is 0 Å². The zero-order chi connectivity index (χ0) is 10.1. The van der Waals surface area contributed by atoms with Gasteiger partial charge in [0.05, 0.1) is 0 Å². The maximum Gasteiger partial charge on any atom is 0.253 e. The molecule has 0 bridgehead atoms. The molecule has 1 rings (SSSR count). The Morgan fingerprint density at radius 1 is 1.15 bits per heavy atom. The molecular formula is C8H6Cl3NO. The lowest BCUT2D eigenvalue weighted by Gasteiger charge is -2.08. The van der Waals surface area contributed by atoms with Crippen molar-refractivity contribution in [3.05, 3.63) is 29.8 Å². The molecule has 0 atom stereocenters. The third-order valence-corrected chi connectivity index (χ3v) is 1.95. The monoisotopic (exact) mass is 237 g/mol. The van der Waals surface area contributed by atoms with Crippen LogP contribution in [-0.4, -0.2) is 9.58 Å². The minimum atomic E-state index is -1.91. The van der Waals surface area contributed by atoms with E-state index in [2.05, 4.69) is 0 Å². The number of carbonyl (C=O) groups excluding carboxylic acids is 1. The molecule has 13 heavy (non-hydrogen) atoms. The predicted molar refractivity (Wildman–Crippen MR) is 55.5 cm³/mol. The van der Waals surface area contributed by atoms with E-state index >= 15 is 0 Å². The molecule has 2 nitrogen and oxygen atoms in total. The summed E-state index contributed by atoms with van der Waals surface area (Å²) in [5, 5.41) is 0. The van der Waals surface area contributed by atoms with Crippen LogP contribution in [0.2, 0.25) is 0 Å². The molecule has 0 unspecified atom stereocenters. The SMILES string of the molecule is Nc1ccc(C(=O)C(Cl)(Cl)Cl)cc1. The minimum Gasteiger partial charge on any atom is -0.399 e. The van der Waals surface area contributed by atoms with Gasteiger partial charge in [0, 0.05) is 11.3 Å². The van der Waals surface area contributed by atoms with Crippen LogP contribution < -0.4 is 5.73 Å². The number of nitrogen functional groups attached to an aromatic ring is 1. The van der Waals surface area contributed by atoms with Gasteiger partial charge in [0.25, 0.3) is 3.79 Å². The molecule has 0 aliphatic heterocycles. The lowest BCUT2D eigenvalue weighted by atomic mass is 10.1. The van der Waals surface area contributed by atoms with E-state index in [1.165, 1.54) is 12.1 Å². The molecule has 0 radical (unpaired) electrons. The molecule has 0 aliphatic carbocycles. The molecule has 1 aromatic carbocycles. The van der Waals surface area contributed by atoms with Gasteiger partial charge in [-0.15, -0.1) is 0 Å². The van der Waals surface area contributed by atoms with Crippen LogP contribution in [0.5, 0.6) is 0 Å². The van der Waals surface area contributed by atoms with Gasteiger partial charge in [0.15, 0.2) is 0 Å². The number of anilines is 1. The normalized spacial score (nSPS) is 11.3. The van der Waals surface area contributed by atoms with E-state index in [4.69, 9.17) is 40.5 Å². The van der Waals surface area contributed by atoms with Crippen molar-refractivity contribution in [2.75, 3.05) is 5.73 Å². The predicted octanol–water partition coefficient (Wildman–Crippen LogP) is 2.82. The fourth-order valence-corrected chi connectivity index (χ4v) is 1.13. The van der Waals surface area contributed by atoms with Crippen LogP contribution in [0.1, 0.15) is 10.4 Å². The molecule has 0 saturated heterocycles. The summed E-state index contributed by atoms with van der Waals surface area (Å²) in [4.78, 5) is 11.3. The maximum absolute atomic E-state index is 11.3. The molecule has 0 saturated carbocycles. The van der Waals surface area contributed by atoms with Crippen LogP contribution in [0.4, 0.5) is 5.69 Å². The van der Waals surface area contributed by atoms with Crippen LogP contribution in [0.3, 0.4) is 0 Å². The number of Topliss-reactive ketones (excluding diaryl/α,β-unsaturated/α-hetero) is 1. The number of benzene rings is 1. The van der Waals surface area contributed by atoms with E-state index in [-0.39, 0.29) is 0 Å². The molecule has 0 amide bonds. The minimum absolute atomic E-state index is 0.328. The second kappa shape index (κ2) is 3.74. The second-order valence-corrected chi connectivity index (χ2v) is 4.73. The Kier molecular flexibility index (Phi) is 3.06. The molecule has 2 N–H and O–H groups in total. The highest BCUT2D eigenvalue weighted by atomic mass is 35.6. The summed E-state index contributed by atoms with van der Waals surface area (Å²) < 4.78 is -1.91. The molecule has 0 spiro atoms. The van der Waals surface area contributed by atoms with Crippen LogP contribution in [0.25, 0.3) is 0 Å². The molecular weight excluding hydrogens is 232 g/mol. The van der Waals surface area contributed by atoms with Crippen molar-refractivity contribution in [2.24, 2.45) is 0 Å². The summed E-state index contributed by atoms with van der Waals surface area (Å²) in [5.41, 5.74) is 6.31. The molecule has 0 fully saturated rings. The van der Waals surface area contributed by atoms with Gasteiger partial charge >= 0.3 is 0 Å².